The van der Waals surface area contributed by atoms with Gasteiger partial charge in [0.25, 0.3) is 0 Å². The van der Waals surface area contributed by atoms with E-state index >= 15 is 0 Å². The highest BCUT2D eigenvalue weighted by Gasteiger charge is 2.10. The van der Waals surface area contributed by atoms with E-state index < -0.39 is 0 Å². The summed E-state index contributed by atoms with van der Waals surface area (Å²) in [5.41, 5.74) is 3.38. The van der Waals surface area contributed by atoms with Gasteiger partial charge in [0, 0.05) is 16.3 Å². The van der Waals surface area contributed by atoms with Gasteiger partial charge in [0.15, 0.2) is 0 Å². The Balaban J connectivity index is 2.67. The quantitative estimate of drug-likeness (QED) is 0.624. The number of H-pyrrole nitrogens is 1. The highest BCUT2D eigenvalue weighted by atomic mass is 16.4. The van der Waals surface area contributed by atoms with Gasteiger partial charge in [0.05, 0.1) is 6.26 Å². The Kier molecular flexibility index (Phi) is 1.72. The molecule has 2 heterocycles. The first kappa shape index (κ1) is 9.21. The topological polar surface area (TPSA) is 46.0 Å². The predicted molar refractivity (Wildman–Crippen MR) is 63.8 cm³/mol. The summed E-state index contributed by atoms with van der Waals surface area (Å²) in [5.74, 6) is 0. The van der Waals surface area contributed by atoms with E-state index in [1.807, 2.05) is 26.0 Å². The maximum Gasteiger partial charge on any atom is 0.360 e. The molecule has 0 bridgehead atoms. The molecule has 80 valence electrons. The molecule has 0 aliphatic rings. The molecule has 0 amide bonds. The number of fused-ring (bicyclic) bond motifs is 3. The second kappa shape index (κ2) is 2.98. The van der Waals surface area contributed by atoms with Crippen molar-refractivity contribution < 1.29 is 4.42 Å². The molecular weight excluding hydrogens is 202 g/mol. The van der Waals surface area contributed by atoms with Gasteiger partial charge in [-0.25, -0.2) is 4.79 Å². The summed E-state index contributed by atoms with van der Waals surface area (Å²) in [6.07, 6.45) is 1.51. The van der Waals surface area contributed by atoms with Gasteiger partial charge in [-0.2, -0.15) is 0 Å². The standard InChI is InChI=1S/C13H11NO2/c1-7-3-4-10-9(5-7)11-8(2)6-16-13(15)12(11)14-10/h3-6,14H,1-2H3. The highest BCUT2D eigenvalue weighted by molar-refractivity contribution is 6.08. The van der Waals surface area contributed by atoms with Crippen LogP contribution < -0.4 is 5.63 Å². The number of hydrogen-bond donors (Lipinski definition) is 1. The van der Waals surface area contributed by atoms with Gasteiger partial charge in [-0.05, 0) is 31.5 Å². The van der Waals surface area contributed by atoms with E-state index in [0.29, 0.717) is 5.52 Å². The van der Waals surface area contributed by atoms with Gasteiger partial charge in [-0.15, -0.1) is 0 Å². The van der Waals surface area contributed by atoms with Crippen molar-refractivity contribution in [3.63, 3.8) is 0 Å². The van der Waals surface area contributed by atoms with Crippen molar-refractivity contribution in [1.29, 1.82) is 0 Å². The molecular formula is C13H11NO2. The third-order valence-electron chi connectivity index (χ3n) is 2.90. The predicted octanol–water partition coefficient (Wildman–Crippen LogP) is 2.89. The van der Waals surface area contributed by atoms with Crippen LogP contribution in [0.4, 0.5) is 0 Å². The Morgan fingerprint density at radius 1 is 1.25 bits per heavy atom. The van der Waals surface area contributed by atoms with Crippen LogP contribution in [0.15, 0.2) is 33.7 Å². The van der Waals surface area contributed by atoms with Crippen molar-refractivity contribution in [3.8, 4) is 0 Å². The Morgan fingerprint density at radius 3 is 2.88 bits per heavy atom. The first-order chi connectivity index (χ1) is 7.66. The molecule has 0 aliphatic carbocycles. The lowest BCUT2D eigenvalue weighted by molar-refractivity contribution is 0.515. The second-order valence-corrected chi connectivity index (χ2v) is 4.13. The molecule has 0 spiro atoms. The molecule has 3 aromatic rings. The van der Waals surface area contributed by atoms with Crippen molar-refractivity contribution in [3.05, 3.63) is 46.0 Å². The lowest BCUT2D eigenvalue weighted by Crippen LogP contribution is -1.98. The van der Waals surface area contributed by atoms with Gasteiger partial charge in [-0.3, -0.25) is 0 Å². The summed E-state index contributed by atoms with van der Waals surface area (Å²) in [6, 6.07) is 6.10. The summed E-state index contributed by atoms with van der Waals surface area (Å²) in [6.45, 7) is 3.99. The largest absolute Gasteiger partial charge is 0.430 e. The van der Waals surface area contributed by atoms with Crippen LogP contribution in [0.1, 0.15) is 11.1 Å². The van der Waals surface area contributed by atoms with Gasteiger partial charge >= 0.3 is 5.63 Å². The molecule has 16 heavy (non-hydrogen) atoms. The van der Waals surface area contributed by atoms with Gasteiger partial charge < -0.3 is 9.40 Å². The fraction of sp³-hybridized carbons (Fsp3) is 0.154. The molecule has 3 nitrogen and oxygen atoms in total. The Hall–Kier alpha value is -2.03. The van der Waals surface area contributed by atoms with E-state index in [4.69, 9.17) is 4.42 Å². The molecule has 3 rings (SSSR count). The first-order valence-corrected chi connectivity index (χ1v) is 5.17. The first-order valence-electron chi connectivity index (χ1n) is 5.17. The minimum atomic E-state index is -0.311. The van der Waals surface area contributed by atoms with E-state index in [-0.39, 0.29) is 5.63 Å². The van der Waals surface area contributed by atoms with Crippen molar-refractivity contribution in [2.45, 2.75) is 13.8 Å². The normalized spacial score (nSPS) is 11.4. The Bertz CT molecular complexity index is 750. The van der Waals surface area contributed by atoms with E-state index in [2.05, 4.69) is 11.1 Å². The number of benzene rings is 1. The maximum absolute atomic E-state index is 11.6. The number of rotatable bonds is 0. The van der Waals surface area contributed by atoms with Crippen LogP contribution in [0.2, 0.25) is 0 Å². The number of aromatic nitrogens is 1. The molecule has 1 aromatic carbocycles. The zero-order valence-corrected chi connectivity index (χ0v) is 9.13. The monoisotopic (exact) mass is 213 g/mol. The molecule has 2 aromatic heterocycles. The van der Waals surface area contributed by atoms with Crippen LogP contribution in [-0.4, -0.2) is 4.98 Å². The summed E-state index contributed by atoms with van der Waals surface area (Å²) in [4.78, 5) is 14.7. The zero-order chi connectivity index (χ0) is 11.3. The summed E-state index contributed by atoms with van der Waals surface area (Å²) in [5, 5.41) is 2.05. The van der Waals surface area contributed by atoms with E-state index in [0.717, 1.165) is 21.9 Å². The number of aryl methyl sites for hydroxylation is 2. The van der Waals surface area contributed by atoms with Crippen LogP contribution in [-0.2, 0) is 0 Å². The maximum atomic E-state index is 11.6. The van der Waals surface area contributed by atoms with Crippen molar-refractivity contribution in [2.24, 2.45) is 0 Å². The van der Waals surface area contributed by atoms with Crippen LogP contribution >= 0.6 is 0 Å². The van der Waals surface area contributed by atoms with Gasteiger partial charge in [0.2, 0.25) is 0 Å². The third kappa shape index (κ3) is 1.11. The lowest BCUT2D eigenvalue weighted by atomic mass is 10.1. The zero-order valence-electron chi connectivity index (χ0n) is 9.13. The summed E-state index contributed by atoms with van der Waals surface area (Å²) >= 11 is 0. The number of nitrogens with one attached hydrogen (secondary N) is 1. The average Bonchev–Trinajstić information content (AvgIpc) is 2.63. The molecule has 0 atom stereocenters. The minimum Gasteiger partial charge on any atom is -0.430 e. The lowest BCUT2D eigenvalue weighted by Gasteiger charge is -1.95. The van der Waals surface area contributed by atoms with Crippen molar-refractivity contribution >= 4 is 21.8 Å². The molecule has 0 aliphatic heterocycles. The highest BCUT2D eigenvalue weighted by Crippen LogP contribution is 2.26. The molecule has 0 fully saturated rings. The van der Waals surface area contributed by atoms with Gasteiger partial charge in [-0.1, -0.05) is 11.6 Å². The fourth-order valence-corrected chi connectivity index (χ4v) is 2.13. The van der Waals surface area contributed by atoms with Crippen LogP contribution in [0, 0.1) is 13.8 Å². The second-order valence-electron chi connectivity index (χ2n) is 4.13. The average molecular weight is 213 g/mol. The smallest absolute Gasteiger partial charge is 0.360 e. The molecule has 0 unspecified atom stereocenters. The van der Waals surface area contributed by atoms with Crippen LogP contribution in [0.25, 0.3) is 21.8 Å². The molecule has 0 saturated heterocycles. The van der Waals surface area contributed by atoms with E-state index in [1.165, 1.54) is 11.8 Å². The van der Waals surface area contributed by atoms with Gasteiger partial charge in [0.1, 0.15) is 5.52 Å². The van der Waals surface area contributed by atoms with Crippen molar-refractivity contribution in [2.75, 3.05) is 0 Å². The molecule has 1 N–H and O–H groups in total. The summed E-state index contributed by atoms with van der Waals surface area (Å²) < 4.78 is 4.94. The van der Waals surface area contributed by atoms with Crippen molar-refractivity contribution in [1.82, 2.24) is 4.98 Å². The number of hydrogen-bond acceptors (Lipinski definition) is 2. The molecule has 0 radical (unpaired) electrons. The van der Waals surface area contributed by atoms with E-state index in [9.17, 15) is 4.79 Å². The fourth-order valence-electron chi connectivity index (χ4n) is 2.13. The minimum absolute atomic E-state index is 0.311. The Labute approximate surface area is 91.7 Å². The SMILES string of the molecule is Cc1ccc2[nH]c3c(=O)occ(C)c3c2c1. The molecule has 0 saturated carbocycles. The summed E-state index contributed by atoms with van der Waals surface area (Å²) in [7, 11) is 0. The van der Waals surface area contributed by atoms with Crippen LogP contribution in [0.5, 0.6) is 0 Å². The van der Waals surface area contributed by atoms with E-state index in [1.54, 1.807) is 0 Å². The Morgan fingerprint density at radius 2 is 2.06 bits per heavy atom. The number of aromatic amines is 1. The van der Waals surface area contributed by atoms with Crippen LogP contribution in [0.3, 0.4) is 0 Å². The third-order valence-corrected chi connectivity index (χ3v) is 2.90. The molecule has 3 heteroatoms.